The van der Waals surface area contributed by atoms with Gasteiger partial charge in [-0.3, -0.25) is 0 Å². The third-order valence-electron chi connectivity index (χ3n) is 3.00. The van der Waals surface area contributed by atoms with E-state index in [4.69, 9.17) is 5.11 Å². The molecule has 2 aromatic rings. The predicted molar refractivity (Wildman–Crippen MR) is 80.5 cm³/mol. The molecule has 0 saturated heterocycles. The van der Waals surface area contributed by atoms with Crippen LogP contribution in [0.4, 0.5) is 19.3 Å². The van der Waals surface area contributed by atoms with Crippen molar-refractivity contribution >= 4 is 11.7 Å². The normalized spacial score (nSPS) is 10.3. The van der Waals surface area contributed by atoms with Crippen LogP contribution in [0.1, 0.15) is 6.42 Å². The molecule has 0 atom stereocenters. The molecule has 0 spiro atoms. The Labute approximate surface area is 126 Å². The molecule has 2 aromatic carbocycles. The highest BCUT2D eigenvalue weighted by Crippen LogP contribution is 2.31. The summed E-state index contributed by atoms with van der Waals surface area (Å²) in [6.45, 7) is 0.201. The van der Waals surface area contributed by atoms with Gasteiger partial charge >= 0.3 is 6.03 Å². The van der Waals surface area contributed by atoms with E-state index in [0.29, 0.717) is 12.0 Å². The summed E-state index contributed by atoms with van der Waals surface area (Å²) in [7, 11) is 0. The van der Waals surface area contributed by atoms with Gasteiger partial charge in [0.25, 0.3) is 0 Å². The molecule has 3 N–H and O–H groups in total. The van der Waals surface area contributed by atoms with Gasteiger partial charge in [-0.25, -0.2) is 13.6 Å². The lowest BCUT2D eigenvalue weighted by molar-refractivity contribution is 0.248. The van der Waals surface area contributed by atoms with Crippen molar-refractivity contribution in [2.24, 2.45) is 0 Å². The van der Waals surface area contributed by atoms with E-state index in [2.05, 4.69) is 10.6 Å². The molecule has 4 nitrogen and oxygen atoms in total. The molecule has 0 aromatic heterocycles. The first kappa shape index (κ1) is 15.9. The third kappa shape index (κ3) is 4.02. The van der Waals surface area contributed by atoms with E-state index in [1.54, 1.807) is 30.3 Å². The molecule has 0 unspecified atom stereocenters. The molecule has 22 heavy (non-hydrogen) atoms. The van der Waals surface area contributed by atoms with Gasteiger partial charge in [0.15, 0.2) is 0 Å². The number of aliphatic hydroxyl groups is 1. The molecule has 6 heteroatoms. The standard InChI is InChI=1S/C16H16F2N2O2/c17-12-9-13(11-5-2-1-3-6-11)15(14(18)10-12)20-16(22)19-7-4-8-21/h1-3,5-6,9-10,21H,4,7-8H2,(H2,19,20,22). The molecule has 2 amide bonds. The zero-order valence-electron chi connectivity index (χ0n) is 11.8. The van der Waals surface area contributed by atoms with Gasteiger partial charge in [0.05, 0.1) is 5.69 Å². The fraction of sp³-hybridized carbons (Fsp3) is 0.188. The van der Waals surface area contributed by atoms with E-state index in [1.807, 2.05) is 0 Å². The molecule has 116 valence electrons. The molecule has 0 radical (unpaired) electrons. The number of carbonyl (C=O) groups excluding carboxylic acids is 1. The Hall–Kier alpha value is -2.47. The quantitative estimate of drug-likeness (QED) is 0.743. The Morgan fingerprint density at radius 3 is 2.55 bits per heavy atom. The first-order chi connectivity index (χ1) is 10.6. The minimum absolute atomic E-state index is 0.0551. The molecule has 0 saturated carbocycles. The van der Waals surface area contributed by atoms with Gasteiger partial charge in [0.2, 0.25) is 0 Å². The summed E-state index contributed by atoms with van der Waals surface area (Å²) in [6, 6.07) is 9.93. The lowest BCUT2D eigenvalue weighted by Crippen LogP contribution is -2.30. The number of nitrogens with one attached hydrogen (secondary N) is 2. The topological polar surface area (TPSA) is 61.4 Å². The number of urea groups is 1. The van der Waals surface area contributed by atoms with E-state index in [0.717, 1.165) is 6.07 Å². The van der Waals surface area contributed by atoms with Crippen LogP contribution in [0.3, 0.4) is 0 Å². The minimum atomic E-state index is -0.851. The summed E-state index contributed by atoms with van der Waals surface area (Å²) in [5, 5.41) is 13.5. The average Bonchev–Trinajstić information content (AvgIpc) is 2.51. The highest BCUT2D eigenvalue weighted by molar-refractivity contribution is 5.94. The van der Waals surface area contributed by atoms with Crippen LogP contribution in [-0.4, -0.2) is 24.3 Å². The summed E-state index contributed by atoms with van der Waals surface area (Å²) in [6.07, 6.45) is 0.394. The maximum absolute atomic E-state index is 14.0. The smallest absolute Gasteiger partial charge is 0.319 e. The fourth-order valence-corrected chi connectivity index (χ4v) is 1.98. The number of hydrogen-bond acceptors (Lipinski definition) is 2. The number of anilines is 1. The number of halogens is 2. The third-order valence-corrected chi connectivity index (χ3v) is 3.00. The monoisotopic (exact) mass is 306 g/mol. The highest BCUT2D eigenvalue weighted by atomic mass is 19.1. The zero-order chi connectivity index (χ0) is 15.9. The maximum atomic E-state index is 14.0. The fourth-order valence-electron chi connectivity index (χ4n) is 1.98. The first-order valence-corrected chi connectivity index (χ1v) is 6.82. The van der Waals surface area contributed by atoms with Gasteiger partial charge in [-0.05, 0) is 18.1 Å². The van der Waals surface area contributed by atoms with E-state index >= 15 is 0 Å². The molecule has 0 aliphatic heterocycles. The van der Waals surface area contributed by atoms with Crippen molar-refractivity contribution < 1.29 is 18.7 Å². The van der Waals surface area contributed by atoms with Gasteiger partial charge in [-0.15, -0.1) is 0 Å². The largest absolute Gasteiger partial charge is 0.396 e. The second kappa shape index (κ2) is 7.51. The van der Waals surface area contributed by atoms with E-state index in [-0.39, 0.29) is 24.4 Å². The van der Waals surface area contributed by atoms with Crippen molar-refractivity contribution in [1.29, 1.82) is 0 Å². The Bertz CT molecular complexity index is 648. The van der Waals surface area contributed by atoms with Crippen LogP contribution in [0.2, 0.25) is 0 Å². The Kier molecular flexibility index (Phi) is 5.43. The van der Waals surface area contributed by atoms with Crippen LogP contribution in [0.25, 0.3) is 11.1 Å². The van der Waals surface area contributed by atoms with Crippen molar-refractivity contribution in [3.8, 4) is 11.1 Å². The SMILES string of the molecule is O=C(NCCCO)Nc1c(F)cc(F)cc1-c1ccccc1. The molecule has 0 aliphatic carbocycles. The summed E-state index contributed by atoms with van der Waals surface area (Å²) < 4.78 is 27.5. The molecular formula is C16H16F2N2O2. The van der Waals surface area contributed by atoms with Crippen LogP contribution in [0.5, 0.6) is 0 Å². The number of rotatable bonds is 5. The van der Waals surface area contributed by atoms with Gasteiger partial charge in [0.1, 0.15) is 11.6 Å². The van der Waals surface area contributed by atoms with E-state index in [1.165, 1.54) is 6.07 Å². The predicted octanol–water partition coefficient (Wildman–Crippen LogP) is 3.14. The van der Waals surface area contributed by atoms with Crippen molar-refractivity contribution in [3.05, 3.63) is 54.1 Å². The van der Waals surface area contributed by atoms with Crippen molar-refractivity contribution in [3.63, 3.8) is 0 Å². The van der Waals surface area contributed by atoms with Gasteiger partial charge in [-0.2, -0.15) is 0 Å². The Balaban J connectivity index is 2.28. The molecule has 0 bridgehead atoms. The highest BCUT2D eigenvalue weighted by Gasteiger charge is 2.15. The molecular weight excluding hydrogens is 290 g/mol. The van der Waals surface area contributed by atoms with Crippen molar-refractivity contribution in [1.82, 2.24) is 5.32 Å². The minimum Gasteiger partial charge on any atom is -0.396 e. The van der Waals surface area contributed by atoms with E-state index < -0.39 is 17.7 Å². The zero-order valence-corrected chi connectivity index (χ0v) is 11.8. The van der Waals surface area contributed by atoms with E-state index in [9.17, 15) is 13.6 Å². The summed E-state index contributed by atoms with van der Waals surface area (Å²) >= 11 is 0. The summed E-state index contributed by atoms with van der Waals surface area (Å²) in [5.74, 6) is -1.57. The lowest BCUT2D eigenvalue weighted by Gasteiger charge is -2.13. The summed E-state index contributed by atoms with van der Waals surface area (Å²) in [4.78, 5) is 11.7. The van der Waals surface area contributed by atoms with Crippen LogP contribution in [0.15, 0.2) is 42.5 Å². The average molecular weight is 306 g/mol. The van der Waals surface area contributed by atoms with Gasteiger partial charge < -0.3 is 15.7 Å². The van der Waals surface area contributed by atoms with Crippen LogP contribution in [0, 0.1) is 11.6 Å². The number of benzene rings is 2. The number of amides is 2. The summed E-state index contributed by atoms with van der Waals surface area (Å²) in [5.41, 5.74) is 0.760. The van der Waals surface area contributed by atoms with Crippen LogP contribution in [-0.2, 0) is 0 Å². The molecule has 0 heterocycles. The van der Waals surface area contributed by atoms with Gasteiger partial charge in [0, 0.05) is 24.8 Å². The first-order valence-electron chi connectivity index (χ1n) is 6.82. The maximum Gasteiger partial charge on any atom is 0.319 e. The lowest BCUT2D eigenvalue weighted by atomic mass is 10.0. The number of aliphatic hydroxyl groups excluding tert-OH is 1. The number of hydrogen-bond donors (Lipinski definition) is 3. The molecule has 0 fully saturated rings. The number of carbonyl (C=O) groups is 1. The van der Waals surface area contributed by atoms with Crippen LogP contribution >= 0.6 is 0 Å². The second-order valence-electron chi connectivity index (χ2n) is 4.63. The molecule has 2 rings (SSSR count). The Morgan fingerprint density at radius 1 is 1.14 bits per heavy atom. The van der Waals surface area contributed by atoms with Crippen molar-refractivity contribution in [2.75, 3.05) is 18.5 Å². The van der Waals surface area contributed by atoms with Gasteiger partial charge in [-0.1, -0.05) is 30.3 Å². The van der Waals surface area contributed by atoms with Crippen LogP contribution < -0.4 is 10.6 Å². The Morgan fingerprint density at radius 2 is 1.86 bits per heavy atom. The van der Waals surface area contributed by atoms with Crippen molar-refractivity contribution in [2.45, 2.75) is 6.42 Å². The second-order valence-corrected chi connectivity index (χ2v) is 4.63. The molecule has 0 aliphatic rings.